The molecule has 0 aliphatic heterocycles. The van der Waals surface area contributed by atoms with Gasteiger partial charge in [0.15, 0.2) is 5.82 Å². The van der Waals surface area contributed by atoms with E-state index in [0.717, 1.165) is 10.9 Å². The zero-order valence-electron chi connectivity index (χ0n) is 9.68. The van der Waals surface area contributed by atoms with E-state index >= 15 is 0 Å². The van der Waals surface area contributed by atoms with Gasteiger partial charge in [-0.3, -0.25) is 0 Å². The van der Waals surface area contributed by atoms with Gasteiger partial charge >= 0.3 is 0 Å². The van der Waals surface area contributed by atoms with E-state index < -0.39 is 11.6 Å². The lowest BCUT2D eigenvalue weighted by Crippen LogP contribution is -2.04. The number of anilines is 1. The second kappa shape index (κ2) is 4.47. The fourth-order valence-electron chi connectivity index (χ4n) is 1.79. The third kappa shape index (κ3) is 2.10. The van der Waals surface area contributed by atoms with E-state index in [9.17, 15) is 8.78 Å². The summed E-state index contributed by atoms with van der Waals surface area (Å²) in [6.45, 7) is 0. The second-order valence-electron chi connectivity index (χ2n) is 3.94. The first-order chi connectivity index (χ1) is 9.15. The summed E-state index contributed by atoms with van der Waals surface area (Å²) < 4.78 is 27.9. The smallest absolute Gasteiger partial charge is 0.151 e. The molecule has 0 saturated carbocycles. The quantitative estimate of drug-likeness (QED) is 0.779. The molecule has 0 unspecified atom stereocenters. The Kier molecular flexibility index (Phi) is 2.79. The number of aromatic nitrogens is 2. The van der Waals surface area contributed by atoms with E-state index in [1.54, 1.807) is 6.07 Å². The molecule has 0 atom stereocenters. The Labute approximate surface area is 111 Å². The molecular weight excluding hydrogens is 268 g/mol. The maximum absolute atomic E-state index is 13.7. The van der Waals surface area contributed by atoms with Crippen molar-refractivity contribution < 1.29 is 8.78 Å². The molecular formula is C13H9F2N3S. The molecule has 3 nitrogen and oxygen atoms in total. The Morgan fingerprint density at radius 2 is 2.00 bits per heavy atom. The molecule has 1 aromatic carbocycles. The van der Waals surface area contributed by atoms with Crippen molar-refractivity contribution in [3.8, 4) is 16.3 Å². The SMILES string of the molecule is Nc1cc(-c2cccs2)nn1-c1ccc(F)cc1F. The number of benzene rings is 1. The molecule has 3 rings (SSSR count). The first-order valence-electron chi connectivity index (χ1n) is 5.50. The Balaban J connectivity index is 2.11. The highest BCUT2D eigenvalue weighted by Crippen LogP contribution is 2.27. The van der Waals surface area contributed by atoms with Crippen molar-refractivity contribution in [3.05, 3.63) is 53.4 Å². The molecule has 0 spiro atoms. The number of nitrogens with zero attached hydrogens (tertiary/aromatic N) is 2. The first-order valence-corrected chi connectivity index (χ1v) is 6.38. The zero-order valence-corrected chi connectivity index (χ0v) is 10.5. The zero-order chi connectivity index (χ0) is 13.4. The average molecular weight is 277 g/mol. The molecule has 6 heteroatoms. The number of hydrogen-bond donors (Lipinski definition) is 1. The summed E-state index contributed by atoms with van der Waals surface area (Å²) in [7, 11) is 0. The minimum absolute atomic E-state index is 0.127. The van der Waals surface area contributed by atoms with E-state index in [1.807, 2.05) is 17.5 Å². The number of halogens is 2. The van der Waals surface area contributed by atoms with Gasteiger partial charge in [-0.15, -0.1) is 11.3 Å². The molecule has 0 fully saturated rings. The lowest BCUT2D eigenvalue weighted by Gasteiger charge is -2.04. The molecule has 0 bridgehead atoms. The monoisotopic (exact) mass is 277 g/mol. The van der Waals surface area contributed by atoms with E-state index in [-0.39, 0.29) is 5.69 Å². The van der Waals surface area contributed by atoms with Crippen LogP contribution in [0.3, 0.4) is 0 Å². The molecule has 0 saturated heterocycles. The largest absolute Gasteiger partial charge is 0.384 e. The van der Waals surface area contributed by atoms with Crippen molar-refractivity contribution in [1.82, 2.24) is 9.78 Å². The Morgan fingerprint density at radius 3 is 2.68 bits per heavy atom. The van der Waals surface area contributed by atoms with Gasteiger partial charge in [-0.1, -0.05) is 6.07 Å². The molecule has 2 N–H and O–H groups in total. The third-order valence-electron chi connectivity index (χ3n) is 2.65. The van der Waals surface area contributed by atoms with Crippen molar-refractivity contribution >= 4 is 17.2 Å². The van der Waals surface area contributed by atoms with Crippen LogP contribution in [0.2, 0.25) is 0 Å². The lowest BCUT2D eigenvalue weighted by atomic mass is 10.3. The average Bonchev–Trinajstić information content (AvgIpc) is 2.98. The third-order valence-corrected chi connectivity index (χ3v) is 3.54. The number of thiophene rings is 1. The minimum atomic E-state index is -0.701. The second-order valence-corrected chi connectivity index (χ2v) is 4.89. The summed E-state index contributed by atoms with van der Waals surface area (Å²) in [4.78, 5) is 0.938. The normalized spacial score (nSPS) is 10.8. The van der Waals surface area contributed by atoms with Gasteiger partial charge in [0.2, 0.25) is 0 Å². The molecule has 19 heavy (non-hydrogen) atoms. The van der Waals surface area contributed by atoms with E-state index in [2.05, 4.69) is 5.10 Å². The number of rotatable bonds is 2. The molecule has 0 radical (unpaired) electrons. The fourth-order valence-corrected chi connectivity index (χ4v) is 2.47. The standard InChI is InChI=1S/C13H9F2N3S/c14-8-3-4-11(9(15)6-8)18-13(16)7-10(17-18)12-2-1-5-19-12/h1-7H,16H2. The summed E-state index contributed by atoms with van der Waals surface area (Å²) in [6.07, 6.45) is 0. The summed E-state index contributed by atoms with van der Waals surface area (Å²) >= 11 is 1.51. The van der Waals surface area contributed by atoms with E-state index in [1.165, 1.54) is 28.2 Å². The van der Waals surface area contributed by atoms with E-state index in [0.29, 0.717) is 11.5 Å². The molecule has 96 valence electrons. The van der Waals surface area contributed by atoms with Crippen LogP contribution in [-0.2, 0) is 0 Å². The molecule has 0 aliphatic rings. The van der Waals surface area contributed by atoms with Crippen molar-refractivity contribution in [2.45, 2.75) is 0 Å². The summed E-state index contributed by atoms with van der Waals surface area (Å²) in [6, 6.07) is 8.75. The highest BCUT2D eigenvalue weighted by atomic mass is 32.1. The van der Waals surface area contributed by atoms with Gasteiger partial charge in [-0.05, 0) is 23.6 Å². The Bertz CT molecular complexity index is 720. The fraction of sp³-hybridized carbons (Fsp3) is 0. The van der Waals surface area contributed by atoms with Crippen molar-refractivity contribution in [1.29, 1.82) is 0 Å². The van der Waals surface area contributed by atoms with Crippen LogP contribution in [0.4, 0.5) is 14.6 Å². The maximum atomic E-state index is 13.7. The van der Waals surface area contributed by atoms with Crippen molar-refractivity contribution in [3.63, 3.8) is 0 Å². The van der Waals surface area contributed by atoms with Crippen LogP contribution in [0, 0.1) is 11.6 Å². The summed E-state index contributed by atoms with van der Waals surface area (Å²) in [5.74, 6) is -1.04. The van der Waals surface area contributed by atoms with Gasteiger partial charge in [0, 0.05) is 12.1 Å². The highest BCUT2D eigenvalue weighted by Gasteiger charge is 2.13. The Morgan fingerprint density at radius 1 is 1.16 bits per heavy atom. The van der Waals surface area contributed by atoms with Crippen molar-refractivity contribution in [2.75, 3.05) is 5.73 Å². The molecule has 2 heterocycles. The minimum Gasteiger partial charge on any atom is -0.384 e. The van der Waals surface area contributed by atoms with Gasteiger partial charge in [0.25, 0.3) is 0 Å². The van der Waals surface area contributed by atoms with Crippen molar-refractivity contribution in [2.24, 2.45) is 0 Å². The Hall–Kier alpha value is -2.21. The van der Waals surface area contributed by atoms with Gasteiger partial charge in [-0.25, -0.2) is 13.5 Å². The van der Waals surface area contributed by atoms with Crippen LogP contribution in [-0.4, -0.2) is 9.78 Å². The first kappa shape index (κ1) is 11.9. The number of hydrogen-bond acceptors (Lipinski definition) is 3. The van der Waals surface area contributed by atoms with Crippen LogP contribution in [0.25, 0.3) is 16.3 Å². The van der Waals surface area contributed by atoms with Crippen LogP contribution >= 0.6 is 11.3 Å². The van der Waals surface area contributed by atoms with Crippen LogP contribution < -0.4 is 5.73 Å². The van der Waals surface area contributed by atoms with Gasteiger partial charge in [-0.2, -0.15) is 5.10 Å². The van der Waals surface area contributed by atoms with Crippen LogP contribution in [0.5, 0.6) is 0 Å². The van der Waals surface area contributed by atoms with E-state index in [4.69, 9.17) is 5.73 Å². The highest BCUT2D eigenvalue weighted by molar-refractivity contribution is 7.13. The van der Waals surface area contributed by atoms with Crippen LogP contribution in [0.15, 0.2) is 41.8 Å². The lowest BCUT2D eigenvalue weighted by molar-refractivity contribution is 0.574. The predicted molar refractivity (Wildman–Crippen MR) is 71.2 cm³/mol. The van der Waals surface area contributed by atoms with Gasteiger partial charge in [0.1, 0.15) is 23.0 Å². The van der Waals surface area contributed by atoms with Gasteiger partial charge in [0.05, 0.1) is 4.88 Å². The van der Waals surface area contributed by atoms with Gasteiger partial charge < -0.3 is 5.73 Å². The number of nitrogen functional groups attached to an aromatic ring is 1. The molecule has 3 aromatic rings. The maximum Gasteiger partial charge on any atom is 0.151 e. The topological polar surface area (TPSA) is 43.8 Å². The van der Waals surface area contributed by atoms with Crippen LogP contribution in [0.1, 0.15) is 0 Å². The molecule has 0 amide bonds. The molecule has 0 aliphatic carbocycles. The number of nitrogens with two attached hydrogens (primary N) is 1. The molecule has 2 aromatic heterocycles. The summed E-state index contributed by atoms with van der Waals surface area (Å²) in [5, 5.41) is 6.17. The predicted octanol–water partition coefficient (Wildman–Crippen LogP) is 3.46. The summed E-state index contributed by atoms with van der Waals surface area (Å²) in [5.41, 5.74) is 6.62.